The predicted molar refractivity (Wildman–Crippen MR) is 140 cm³/mol. The smallest absolute Gasteiger partial charge is 0.227 e. The second-order valence-electron chi connectivity index (χ2n) is 10.0. The first-order valence-electron chi connectivity index (χ1n) is 13.3. The molecule has 2 amide bonds. The number of benzene rings is 1. The Kier molecular flexibility index (Phi) is 9.14. The Balaban J connectivity index is 1.14. The summed E-state index contributed by atoms with van der Waals surface area (Å²) in [6, 6.07) is 11.6. The molecule has 0 bridgehead atoms. The van der Waals surface area contributed by atoms with Crippen molar-refractivity contribution in [3.8, 4) is 11.6 Å². The highest BCUT2D eigenvalue weighted by Gasteiger charge is 2.53. The zero-order valence-corrected chi connectivity index (χ0v) is 21.6. The van der Waals surface area contributed by atoms with Gasteiger partial charge in [-0.25, -0.2) is 4.98 Å². The van der Waals surface area contributed by atoms with Gasteiger partial charge in [-0.2, -0.15) is 0 Å². The van der Waals surface area contributed by atoms with Crippen molar-refractivity contribution in [2.24, 2.45) is 0 Å². The summed E-state index contributed by atoms with van der Waals surface area (Å²) in [4.78, 5) is 40.6. The van der Waals surface area contributed by atoms with E-state index in [1.165, 1.54) is 5.56 Å². The van der Waals surface area contributed by atoms with Crippen LogP contribution in [0.5, 0.6) is 11.6 Å². The van der Waals surface area contributed by atoms with Crippen molar-refractivity contribution >= 4 is 18.6 Å². The van der Waals surface area contributed by atoms with E-state index in [1.807, 2.05) is 41.3 Å². The Morgan fingerprint density at radius 2 is 1.89 bits per heavy atom. The highest BCUT2D eigenvalue weighted by molar-refractivity contribution is 5.83. The standard InChI is InChI=1S/C29H37N3O5/c1-30-28(35)26(6-5-15-33)22-7-9-25(10-8-22)36-16-3-2-4-17-37-27-18-23(11-14-31-27)24-19-29(12-13-29)32(20-24)21-34/h7-11,14-15,18,21,24,26H,2-6,12-13,16-17,19-20H2,1H3,(H,30,35). The Labute approximate surface area is 218 Å². The second kappa shape index (κ2) is 12.7. The Bertz CT molecular complexity index is 1050. The third-order valence-corrected chi connectivity index (χ3v) is 7.56. The molecule has 0 radical (unpaired) electrons. The lowest BCUT2D eigenvalue weighted by atomic mass is 9.93. The molecule has 2 heterocycles. The van der Waals surface area contributed by atoms with Crippen LogP contribution in [0.15, 0.2) is 42.6 Å². The van der Waals surface area contributed by atoms with E-state index in [4.69, 9.17) is 9.47 Å². The van der Waals surface area contributed by atoms with Crippen LogP contribution in [-0.2, 0) is 14.4 Å². The van der Waals surface area contributed by atoms with Gasteiger partial charge in [0.25, 0.3) is 0 Å². The Morgan fingerprint density at radius 1 is 1.14 bits per heavy atom. The number of pyridine rings is 1. The van der Waals surface area contributed by atoms with Crippen molar-refractivity contribution in [2.45, 2.75) is 68.7 Å². The minimum atomic E-state index is -0.335. The molecule has 1 spiro atoms. The van der Waals surface area contributed by atoms with Gasteiger partial charge in [-0.05, 0) is 74.3 Å². The number of hydrogen-bond acceptors (Lipinski definition) is 6. The number of nitrogens with zero attached hydrogens (tertiary/aromatic N) is 2. The molecule has 2 aromatic rings. The molecular weight excluding hydrogens is 470 g/mol. The van der Waals surface area contributed by atoms with Crippen LogP contribution < -0.4 is 14.8 Å². The molecule has 37 heavy (non-hydrogen) atoms. The first-order chi connectivity index (χ1) is 18.1. The maximum absolute atomic E-state index is 12.1. The van der Waals surface area contributed by atoms with Crippen LogP contribution in [0.2, 0.25) is 0 Å². The first kappa shape index (κ1) is 26.6. The zero-order valence-electron chi connectivity index (χ0n) is 21.6. The monoisotopic (exact) mass is 507 g/mol. The van der Waals surface area contributed by atoms with Gasteiger partial charge in [-0.1, -0.05) is 12.1 Å². The number of unbranched alkanes of at least 4 members (excludes halogenated alkanes) is 2. The molecule has 1 aliphatic carbocycles. The summed E-state index contributed by atoms with van der Waals surface area (Å²) in [5.41, 5.74) is 2.20. The van der Waals surface area contributed by atoms with E-state index < -0.39 is 0 Å². The van der Waals surface area contributed by atoms with Crippen molar-refractivity contribution < 1.29 is 23.9 Å². The summed E-state index contributed by atoms with van der Waals surface area (Å²) in [6.07, 6.45) is 10.5. The number of amides is 2. The first-order valence-corrected chi connectivity index (χ1v) is 13.3. The number of hydrogen-bond donors (Lipinski definition) is 1. The fourth-order valence-corrected chi connectivity index (χ4v) is 5.24. The maximum Gasteiger partial charge on any atom is 0.227 e. The van der Waals surface area contributed by atoms with Gasteiger partial charge in [0.1, 0.15) is 12.0 Å². The van der Waals surface area contributed by atoms with Crippen molar-refractivity contribution in [1.29, 1.82) is 0 Å². The third-order valence-electron chi connectivity index (χ3n) is 7.56. The van der Waals surface area contributed by atoms with Crippen LogP contribution in [0.3, 0.4) is 0 Å². The number of carbonyl (C=O) groups excluding carboxylic acids is 3. The number of rotatable bonds is 15. The fraction of sp³-hybridized carbons (Fsp3) is 0.517. The molecule has 1 aromatic carbocycles. The highest BCUT2D eigenvalue weighted by Crippen LogP contribution is 2.53. The predicted octanol–water partition coefficient (Wildman–Crippen LogP) is 4.00. The summed E-state index contributed by atoms with van der Waals surface area (Å²) >= 11 is 0. The van der Waals surface area contributed by atoms with Crippen molar-refractivity contribution in [3.63, 3.8) is 0 Å². The summed E-state index contributed by atoms with van der Waals surface area (Å²) in [5, 5.41) is 2.67. The lowest BCUT2D eigenvalue weighted by molar-refractivity contribution is -0.122. The van der Waals surface area contributed by atoms with Crippen LogP contribution in [0.1, 0.15) is 74.3 Å². The quantitative estimate of drug-likeness (QED) is 0.289. The summed E-state index contributed by atoms with van der Waals surface area (Å²) in [6.45, 7) is 1.99. The summed E-state index contributed by atoms with van der Waals surface area (Å²) < 4.78 is 11.7. The molecule has 1 saturated heterocycles. The number of carbonyl (C=O) groups is 3. The molecule has 1 aliphatic heterocycles. The van der Waals surface area contributed by atoms with Crippen molar-refractivity contribution in [3.05, 3.63) is 53.7 Å². The van der Waals surface area contributed by atoms with Gasteiger partial charge < -0.3 is 24.5 Å². The average Bonchev–Trinajstić information content (AvgIpc) is 3.61. The van der Waals surface area contributed by atoms with Crippen molar-refractivity contribution in [2.75, 3.05) is 26.8 Å². The zero-order chi connectivity index (χ0) is 26.1. The molecule has 8 nitrogen and oxygen atoms in total. The molecule has 198 valence electrons. The fourth-order valence-electron chi connectivity index (χ4n) is 5.24. The largest absolute Gasteiger partial charge is 0.494 e. The van der Waals surface area contributed by atoms with Crippen LogP contribution in [0, 0.1) is 0 Å². The van der Waals surface area contributed by atoms with Gasteiger partial charge in [-0.3, -0.25) is 9.59 Å². The second-order valence-corrected chi connectivity index (χ2v) is 10.0. The Hall–Kier alpha value is -3.42. The third kappa shape index (κ3) is 6.87. The van der Waals surface area contributed by atoms with Crippen LogP contribution in [0.4, 0.5) is 0 Å². The van der Waals surface area contributed by atoms with Gasteiger partial charge in [0, 0.05) is 43.7 Å². The van der Waals surface area contributed by atoms with Gasteiger partial charge in [-0.15, -0.1) is 0 Å². The molecule has 1 aromatic heterocycles. The van der Waals surface area contributed by atoms with E-state index in [-0.39, 0.29) is 17.4 Å². The molecule has 2 fully saturated rings. The Morgan fingerprint density at radius 3 is 2.54 bits per heavy atom. The van der Waals surface area contributed by atoms with E-state index in [0.717, 1.165) is 69.1 Å². The normalized spacial score (nSPS) is 18.3. The van der Waals surface area contributed by atoms with Crippen LogP contribution in [-0.4, -0.2) is 60.8 Å². The molecule has 1 saturated carbocycles. The molecule has 4 rings (SSSR count). The number of ether oxygens (including phenoxy) is 2. The maximum atomic E-state index is 12.1. The SMILES string of the molecule is CNC(=O)C(CCC=O)c1ccc(OCCCCCOc2cc(C3CN(C=O)C4(CC4)C3)ccn2)cc1. The lowest BCUT2D eigenvalue weighted by Gasteiger charge is -2.17. The topological polar surface area (TPSA) is 97.8 Å². The summed E-state index contributed by atoms with van der Waals surface area (Å²) in [5.74, 6) is 1.34. The lowest BCUT2D eigenvalue weighted by Crippen LogP contribution is -2.29. The molecular formula is C29H37N3O5. The van der Waals surface area contributed by atoms with Gasteiger partial charge in [0.2, 0.25) is 18.2 Å². The number of aldehydes is 1. The number of nitrogens with one attached hydrogen (secondary N) is 1. The van der Waals surface area contributed by atoms with E-state index in [0.29, 0.717) is 37.9 Å². The van der Waals surface area contributed by atoms with Gasteiger partial charge in [0.15, 0.2) is 0 Å². The van der Waals surface area contributed by atoms with E-state index in [1.54, 1.807) is 13.2 Å². The number of likely N-dealkylation sites (tertiary alicyclic amines) is 1. The van der Waals surface area contributed by atoms with E-state index >= 15 is 0 Å². The van der Waals surface area contributed by atoms with E-state index in [9.17, 15) is 14.4 Å². The molecule has 2 atom stereocenters. The van der Waals surface area contributed by atoms with Gasteiger partial charge >= 0.3 is 0 Å². The minimum absolute atomic E-state index is 0.0885. The minimum Gasteiger partial charge on any atom is -0.494 e. The van der Waals surface area contributed by atoms with Gasteiger partial charge in [0.05, 0.1) is 19.1 Å². The van der Waals surface area contributed by atoms with Crippen molar-refractivity contribution in [1.82, 2.24) is 15.2 Å². The molecule has 2 unspecified atom stereocenters. The van der Waals surface area contributed by atoms with Crippen LogP contribution >= 0.6 is 0 Å². The number of likely N-dealkylation sites (N-methyl/N-ethyl adjacent to an activating group) is 1. The van der Waals surface area contributed by atoms with E-state index in [2.05, 4.69) is 10.3 Å². The van der Waals surface area contributed by atoms with Crippen LogP contribution in [0.25, 0.3) is 0 Å². The highest BCUT2D eigenvalue weighted by atomic mass is 16.5. The molecule has 2 aliphatic rings. The summed E-state index contributed by atoms with van der Waals surface area (Å²) in [7, 11) is 1.61. The number of aromatic nitrogens is 1. The average molecular weight is 508 g/mol. The molecule has 1 N–H and O–H groups in total. The molecule has 8 heteroatoms.